The fourth-order valence-corrected chi connectivity index (χ4v) is 2.74. The Morgan fingerprint density at radius 1 is 1.35 bits per heavy atom. The van der Waals surface area contributed by atoms with Crippen LogP contribution in [-0.2, 0) is 0 Å². The average Bonchev–Trinajstić information content (AvgIpc) is 2.36. The third kappa shape index (κ3) is 3.42. The van der Waals surface area contributed by atoms with Crippen LogP contribution in [0, 0.1) is 9.39 Å². The third-order valence-corrected chi connectivity index (χ3v) is 4.29. The lowest BCUT2D eigenvalue weighted by Crippen LogP contribution is -2.12. The summed E-state index contributed by atoms with van der Waals surface area (Å²) in [6, 6.07) is 6.84. The van der Waals surface area contributed by atoms with Gasteiger partial charge in [0.2, 0.25) is 0 Å². The van der Waals surface area contributed by atoms with Crippen LogP contribution in [0.3, 0.4) is 0 Å². The highest BCUT2D eigenvalue weighted by Gasteiger charge is 2.14. The van der Waals surface area contributed by atoms with E-state index >= 15 is 0 Å². The molecule has 0 heterocycles. The van der Waals surface area contributed by atoms with Gasteiger partial charge in [-0.2, -0.15) is 0 Å². The van der Waals surface area contributed by atoms with Crippen molar-refractivity contribution in [1.82, 2.24) is 0 Å². The SMILES string of the molecule is O=C(Nc1c(Cl)cc(F)cc1Br)c1ccc(I)c(O)c1. The van der Waals surface area contributed by atoms with E-state index in [4.69, 9.17) is 11.6 Å². The number of carbonyl (C=O) groups excluding carboxylic acids is 1. The number of anilines is 1. The highest BCUT2D eigenvalue weighted by Crippen LogP contribution is 2.32. The lowest BCUT2D eigenvalue weighted by atomic mass is 10.2. The minimum absolute atomic E-state index is 0.0162. The molecule has 0 unspecified atom stereocenters. The van der Waals surface area contributed by atoms with Crippen molar-refractivity contribution in [2.24, 2.45) is 0 Å². The maximum absolute atomic E-state index is 13.1. The van der Waals surface area contributed by atoms with Crippen molar-refractivity contribution >= 4 is 61.7 Å². The van der Waals surface area contributed by atoms with Crippen LogP contribution >= 0.6 is 50.1 Å². The largest absolute Gasteiger partial charge is 0.507 e. The van der Waals surface area contributed by atoms with E-state index in [1.54, 1.807) is 12.1 Å². The number of halogens is 4. The first-order valence-corrected chi connectivity index (χ1v) is 7.58. The molecule has 2 aromatic rings. The molecular weight excluding hydrogens is 463 g/mol. The second kappa shape index (κ2) is 6.28. The summed E-state index contributed by atoms with van der Waals surface area (Å²) < 4.78 is 14.1. The standard InChI is InChI=1S/C13H7BrClFINO2/c14-8-4-7(16)5-9(15)12(8)18-13(20)6-1-2-10(17)11(19)3-6/h1-5,19H,(H,18,20). The van der Waals surface area contributed by atoms with Crippen molar-refractivity contribution in [2.75, 3.05) is 5.32 Å². The van der Waals surface area contributed by atoms with E-state index in [9.17, 15) is 14.3 Å². The summed E-state index contributed by atoms with van der Waals surface area (Å²) in [4.78, 5) is 12.1. The van der Waals surface area contributed by atoms with Crippen LogP contribution in [0.1, 0.15) is 10.4 Å². The van der Waals surface area contributed by atoms with Crippen molar-refractivity contribution in [3.63, 3.8) is 0 Å². The van der Waals surface area contributed by atoms with Crippen molar-refractivity contribution in [3.8, 4) is 5.75 Å². The minimum atomic E-state index is -0.508. The van der Waals surface area contributed by atoms with Gasteiger partial charge < -0.3 is 10.4 Å². The highest BCUT2D eigenvalue weighted by molar-refractivity contribution is 14.1. The fourth-order valence-electron chi connectivity index (χ4n) is 1.50. The topological polar surface area (TPSA) is 49.3 Å². The number of nitrogens with one attached hydrogen (secondary N) is 1. The summed E-state index contributed by atoms with van der Waals surface area (Å²) in [5.41, 5.74) is 0.548. The molecule has 0 radical (unpaired) electrons. The zero-order valence-electron chi connectivity index (χ0n) is 9.75. The normalized spacial score (nSPS) is 10.4. The van der Waals surface area contributed by atoms with Crippen molar-refractivity contribution < 1.29 is 14.3 Å². The Kier molecular flexibility index (Phi) is 4.87. The maximum Gasteiger partial charge on any atom is 0.255 e. The first-order valence-electron chi connectivity index (χ1n) is 5.33. The number of benzene rings is 2. The molecule has 2 aromatic carbocycles. The van der Waals surface area contributed by atoms with Crippen LogP contribution in [-0.4, -0.2) is 11.0 Å². The molecule has 0 saturated heterocycles. The zero-order chi connectivity index (χ0) is 14.9. The molecule has 0 aromatic heterocycles. The van der Waals surface area contributed by atoms with Crippen LogP contribution in [0.2, 0.25) is 5.02 Å². The van der Waals surface area contributed by atoms with Crippen molar-refractivity contribution in [1.29, 1.82) is 0 Å². The van der Waals surface area contributed by atoms with Crippen molar-refractivity contribution in [2.45, 2.75) is 0 Å². The van der Waals surface area contributed by atoms with Crippen LogP contribution in [0.5, 0.6) is 5.75 Å². The Labute approximate surface area is 141 Å². The molecule has 3 nitrogen and oxygen atoms in total. The molecule has 7 heteroatoms. The van der Waals surface area contributed by atoms with Gasteiger partial charge in [0.05, 0.1) is 14.3 Å². The van der Waals surface area contributed by atoms with E-state index in [0.29, 0.717) is 8.04 Å². The summed E-state index contributed by atoms with van der Waals surface area (Å²) in [6.45, 7) is 0. The molecule has 0 aliphatic rings. The molecule has 0 aliphatic carbocycles. The molecule has 0 saturated carbocycles. The number of rotatable bonds is 2. The summed E-state index contributed by atoms with van der Waals surface area (Å²) >= 11 is 11.0. The molecule has 0 bridgehead atoms. The predicted octanol–water partition coefficient (Wildman–Crippen LogP) is 4.80. The van der Waals surface area contributed by atoms with Gasteiger partial charge in [-0.1, -0.05) is 11.6 Å². The smallest absolute Gasteiger partial charge is 0.255 e. The highest BCUT2D eigenvalue weighted by atomic mass is 127. The van der Waals surface area contributed by atoms with Gasteiger partial charge in [-0.15, -0.1) is 0 Å². The van der Waals surface area contributed by atoms with E-state index in [0.717, 1.165) is 6.07 Å². The van der Waals surface area contributed by atoms with E-state index in [-0.39, 0.29) is 22.0 Å². The van der Waals surface area contributed by atoms with Gasteiger partial charge in [0.15, 0.2) is 0 Å². The van der Waals surface area contributed by atoms with Gasteiger partial charge in [-0.05, 0) is 68.9 Å². The number of hydrogen-bond acceptors (Lipinski definition) is 2. The second-order valence-corrected chi connectivity index (χ2v) is 6.29. The molecule has 1 amide bonds. The molecule has 2 N–H and O–H groups in total. The summed E-state index contributed by atoms with van der Waals surface area (Å²) in [5.74, 6) is -0.944. The van der Waals surface area contributed by atoms with Crippen molar-refractivity contribution in [3.05, 3.63) is 54.8 Å². The van der Waals surface area contributed by atoms with Crippen LogP contribution in [0.25, 0.3) is 0 Å². The lowest BCUT2D eigenvalue weighted by molar-refractivity contribution is 0.102. The number of aromatic hydroxyl groups is 1. The van der Waals surface area contributed by atoms with Gasteiger partial charge in [0.25, 0.3) is 5.91 Å². The molecule has 20 heavy (non-hydrogen) atoms. The van der Waals surface area contributed by atoms with E-state index < -0.39 is 11.7 Å². The molecule has 0 aliphatic heterocycles. The van der Waals surface area contributed by atoms with Gasteiger partial charge in [-0.3, -0.25) is 4.79 Å². The first-order chi connectivity index (χ1) is 9.38. The van der Waals surface area contributed by atoms with E-state index in [2.05, 4.69) is 21.2 Å². The summed E-state index contributed by atoms with van der Waals surface area (Å²) in [5, 5.41) is 12.2. The fraction of sp³-hybridized carbons (Fsp3) is 0. The van der Waals surface area contributed by atoms with E-state index in [1.807, 2.05) is 22.6 Å². The number of phenolic OH excluding ortho intramolecular Hbond substituents is 1. The number of phenols is 1. The Balaban J connectivity index is 2.30. The Hall–Kier alpha value is -0.860. The average molecular weight is 470 g/mol. The monoisotopic (exact) mass is 469 g/mol. The minimum Gasteiger partial charge on any atom is -0.507 e. The molecule has 0 atom stereocenters. The molecule has 104 valence electrons. The summed E-state index contributed by atoms with van der Waals surface area (Å²) in [6.07, 6.45) is 0. The molecule has 0 spiro atoms. The lowest BCUT2D eigenvalue weighted by Gasteiger charge is -2.10. The van der Waals surface area contributed by atoms with Gasteiger partial charge in [0.1, 0.15) is 11.6 Å². The van der Waals surface area contributed by atoms with Crippen LogP contribution in [0.4, 0.5) is 10.1 Å². The predicted molar refractivity (Wildman–Crippen MR) is 87.9 cm³/mol. The molecular formula is C13H7BrClFINO2. The number of hydrogen-bond donors (Lipinski definition) is 2. The zero-order valence-corrected chi connectivity index (χ0v) is 14.3. The quantitative estimate of drug-likeness (QED) is 0.620. The van der Waals surface area contributed by atoms with Gasteiger partial charge in [0, 0.05) is 10.0 Å². The Morgan fingerprint density at radius 3 is 2.65 bits per heavy atom. The van der Waals surface area contributed by atoms with Crippen LogP contribution in [0.15, 0.2) is 34.8 Å². The first kappa shape index (κ1) is 15.5. The molecule has 0 fully saturated rings. The molecule has 2 rings (SSSR count). The Morgan fingerprint density at radius 2 is 2.05 bits per heavy atom. The van der Waals surface area contributed by atoms with Gasteiger partial charge in [-0.25, -0.2) is 4.39 Å². The maximum atomic E-state index is 13.1. The number of amides is 1. The summed E-state index contributed by atoms with van der Waals surface area (Å²) in [7, 11) is 0. The third-order valence-electron chi connectivity index (χ3n) is 2.45. The number of carbonyl (C=O) groups is 1. The second-order valence-electron chi connectivity index (χ2n) is 3.86. The Bertz CT molecular complexity index is 673. The van der Waals surface area contributed by atoms with Crippen LogP contribution < -0.4 is 5.32 Å². The van der Waals surface area contributed by atoms with E-state index in [1.165, 1.54) is 12.1 Å². The van der Waals surface area contributed by atoms with Gasteiger partial charge >= 0.3 is 0 Å².